The molecule has 0 radical (unpaired) electrons. The van der Waals surface area contributed by atoms with Gasteiger partial charge in [0, 0.05) is 42.5 Å². The summed E-state index contributed by atoms with van der Waals surface area (Å²) in [6, 6.07) is -0.692. The first-order chi connectivity index (χ1) is 32.5. The first-order valence-electron chi connectivity index (χ1n) is 25.6. The van der Waals surface area contributed by atoms with Crippen LogP contribution < -0.4 is 11.1 Å². The molecule has 390 valence electrons. The lowest BCUT2D eigenvalue weighted by Crippen LogP contribution is -2.72. The predicted molar refractivity (Wildman–Crippen MR) is 249 cm³/mol. The number of imidazole rings is 1. The third-order valence-corrected chi connectivity index (χ3v) is 21.1. The molecule has 5 aliphatic carbocycles. The molecule has 2 saturated heterocycles. The summed E-state index contributed by atoms with van der Waals surface area (Å²) in [5.41, 5.74) is 1.82. The fourth-order valence-corrected chi connectivity index (χ4v) is 16.8. The zero-order chi connectivity index (χ0) is 50.3. The van der Waals surface area contributed by atoms with E-state index in [1.807, 2.05) is 13.8 Å². The van der Waals surface area contributed by atoms with E-state index in [4.69, 9.17) is 15.2 Å². The summed E-state index contributed by atoms with van der Waals surface area (Å²) >= 11 is 0. The van der Waals surface area contributed by atoms with Gasteiger partial charge < -0.3 is 76.6 Å². The van der Waals surface area contributed by atoms with Crippen molar-refractivity contribution in [1.29, 1.82) is 0 Å². The number of ether oxygens (including phenoxy) is 2. The number of aliphatic hydroxyl groups excluding tert-OH is 9. The van der Waals surface area contributed by atoms with E-state index < -0.39 is 130 Å². The standard InChI is InChI=1S/C51H82N4O14/c1-45(23-57)14-16-50(44(66)67)17-15-47(3)28(31(50)20-45)8-9-35-48(47,4)13-11-34-46(2,24-58)41(69-42-40(64)39(63)33(60)22-68-42)38(62)30(49(34,35)5)19-29-37(55-43(65)51(29,25-59)12-6-18-56)27(7-10-36(52)61)32-21-53-26-54-32/h8,21,26-27,29-31,33-42,56-64H,6-7,9-20,22-25,52H2,1-5H3,(H,53,54)(H,55,65)(H,66,67). The Bertz CT molecular complexity index is 2040. The molecular formula is C51H82N4O14. The minimum absolute atomic E-state index is 0.0466. The van der Waals surface area contributed by atoms with E-state index in [2.05, 4.69) is 42.1 Å². The molecule has 0 bridgehead atoms. The first kappa shape index (κ1) is 52.7. The zero-order valence-electron chi connectivity index (χ0n) is 41.2. The van der Waals surface area contributed by atoms with Crippen molar-refractivity contribution < 1.29 is 70.1 Å². The van der Waals surface area contributed by atoms with Gasteiger partial charge in [0.25, 0.3) is 0 Å². The van der Waals surface area contributed by atoms with Crippen molar-refractivity contribution in [2.24, 2.45) is 73.2 Å². The molecule has 18 heteroatoms. The number of hydrogen-bond donors (Lipinski definition) is 13. The van der Waals surface area contributed by atoms with Crippen LogP contribution in [0.25, 0.3) is 0 Å². The number of nitrogens with two attached hydrogens (primary N) is 1. The number of aromatic nitrogens is 2. The molecule has 3 heterocycles. The Morgan fingerprint density at radius 2 is 1.65 bits per heavy atom. The quantitative estimate of drug-likeness (QED) is 0.0637. The molecule has 8 rings (SSSR count). The number of aromatic amines is 1. The molecule has 4 saturated carbocycles. The zero-order valence-corrected chi connectivity index (χ0v) is 41.2. The number of hydrogen-bond acceptors (Lipinski definition) is 15. The number of rotatable bonds is 16. The molecule has 1 amide bonds. The van der Waals surface area contributed by atoms with E-state index in [-0.39, 0.29) is 63.3 Å². The maximum atomic E-state index is 14.7. The van der Waals surface area contributed by atoms with Crippen LogP contribution in [0.15, 0.2) is 24.2 Å². The summed E-state index contributed by atoms with van der Waals surface area (Å²) in [7, 11) is 0. The smallest absolute Gasteiger partial charge is 0.310 e. The van der Waals surface area contributed by atoms with Crippen LogP contribution >= 0.6 is 0 Å². The molecule has 1 aromatic heterocycles. The summed E-state index contributed by atoms with van der Waals surface area (Å²) in [5.74, 6) is -4.03. The molecule has 0 aromatic carbocycles. The van der Waals surface area contributed by atoms with E-state index in [9.17, 15) is 60.7 Å². The number of carboxylic acids is 1. The van der Waals surface area contributed by atoms with Crippen LogP contribution in [0.5, 0.6) is 0 Å². The van der Waals surface area contributed by atoms with E-state index in [0.717, 1.165) is 5.57 Å². The molecule has 7 aliphatic rings. The Labute approximate surface area is 405 Å². The van der Waals surface area contributed by atoms with E-state index in [1.165, 1.54) is 6.33 Å². The average molecular weight is 975 g/mol. The number of aliphatic hydroxyl groups is 9. The Morgan fingerprint density at radius 1 is 0.928 bits per heavy atom. The number of nitrogens with one attached hydrogen (secondary N) is 2. The second-order valence-electron chi connectivity index (χ2n) is 24.2. The Balaban J connectivity index is 1.30. The second-order valence-corrected chi connectivity index (χ2v) is 24.2. The maximum absolute atomic E-state index is 14.7. The van der Waals surface area contributed by atoms with Crippen molar-refractivity contribution in [3.8, 4) is 0 Å². The largest absolute Gasteiger partial charge is 0.481 e. The molecular weight excluding hydrogens is 893 g/mol. The topological polar surface area (TPSA) is 322 Å². The van der Waals surface area contributed by atoms with Gasteiger partial charge in [-0.1, -0.05) is 46.3 Å². The van der Waals surface area contributed by atoms with Crippen LogP contribution in [0.2, 0.25) is 0 Å². The lowest BCUT2D eigenvalue weighted by atomic mass is 9.31. The predicted octanol–water partition coefficient (Wildman–Crippen LogP) is 1.66. The third-order valence-electron chi connectivity index (χ3n) is 21.1. The Morgan fingerprint density at radius 3 is 2.28 bits per heavy atom. The van der Waals surface area contributed by atoms with Crippen LogP contribution in [-0.4, -0.2) is 155 Å². The van der Waals surface area contributed by atoms with Crippen molar-refractivity contribution in [2.75, 3.05) is 33.0 Å². The monoisotopic (exact) mass is 975 g/mol. The van der Waals surface area contributed by atoms with Crippen LogP contribution in [0.1, 0.15) is 130 Å². The lowest BCUT2D eigenvalue weighted by Gasteiger charge is -2.73. The van der Waals surface area contributed by atoms with E-state index >= 15 is 0 Å². The molecule has 21 unspecified atom stereocenters. The summed E-state index contributed by atoms with van der Waals surface area (Å²) < 4.78 is 12.5. The van der Waals surface area contributed by atoms with Crippen LogP contribution in [0, 0.1) is 67.5 Å². The highest BCUT2D eigenvalue weighted by atomic mass is 16.7. The van der Waals surface area contributed by atoms with Gasteiger partial charge in [-0.15, -0.1) is 0 Å². The average Bonchev–Trinajstić information content (AvgIpc) is 3.94. The number of fused-ring (bicyclic) bond motifs is 7. The van der Waals surface area contributed by atoms with Gasteiger partial charge >= 0.3 is 5.97 Å². The summed E-state index contributed by atoms with van der Waals surface area (Å²) in [6.45, 7) is 9.05. The first-order valence-corrected chi connectivity index (χ1v) is 25.6. The number of allylic oxidation sites excluding steroid dienone is 2. The third kappa shape index (κ3) is 7.99. The number of H-pyrrole nitrogens is 1. The number of aliphatic carboxylic acids is 1. The molecule has 0 spiro atoms. The molecule has 14 N–H and O–H groups in total. The van der Waals surface area contributed by atoms with Crippen LogP contribution in [0.4, 0.5) is 0 Å². The molecule has 21 atom stereocenters. The normalized spacial score (nSPS) is 48.3. The van der Waals surface area contributed by atoms with Crippen LogP contribution in [0.3, 0.4) is 0 Å². The molecule has 2 aliphatic heterocycles. The van der Waals surface area contributed by atoms with Gasteiger partial charge in [-0.25, -0.2) is 4.98 Å². The van der Waals surface area contributed by atoms with Gasteiger partial charge in [-0.05, 0) is 135 Å². The summed E-state index contributed by atoms with van der Waals surface area (Å²) in [5, 5.41) is 115. The fraction of sp³-hybridized carbons (Fsp3) is 0.863. The fourth-order valence-electron chi connectivity index (χ4n) is 16.8. The molecule has 69 heavy (non-hydrogen) atoms. The minimum atomic E-state index is -1.70. The minimum Gasteiger partial charge on any atom is -0.481 e. The van der Waals surface area contributed by atoms with Crippen LogP contribution in [-0.2, 0) is 19.1 Å². The van der Waals surface area contributed by atoms with Gasteiger partial charge in [0.05, 0.1) is 49.2 Å². The van der Waals surface area contributed by atoms with Gasteiger partial charge in [-0.2, -0.15) is 0 Å². The number of carbonyl (C=O) groups excluding carboxylic acids is 1. The highest BCUT2D eigenvalue weighted by Crippen LogP contribution is 2.77. The maximum Gasteiger partial charge on any atom is 0.310 e. The van der Waals surface area contributed by atoms with Gasteiger partial charge in [0.1, 0.15) is 24.5 Å². The molecule has 6 fully saturated rings. The number of carbonyl (C=O) groups is 2. The second kappa shape index (κ2) is 19.0. The van der Waals surface area contributed by atoms with Gasteiger partial charge in [0.15, 0.2) is 6.29 Å². The highest BCUT2D eigenvalue weighted by Gasteiger charge is 2.74. The van der Waals surface area contributed by atoms with E-state index in [1.54, 1.807) is 6.20 Å². The lowest BCUT2D eigenvalue weighted by molar-refractivity contribution is -0.340. The van der Waals surface area contributed by atoms with Crippen molar-refractivity contribution in [2.45, 2.75) is 173 Å². The van der Waals surface area contributed by atoms with Gasteiger partial charge in [0.2, 0.25) is 5.91 Å². The number of nitrogens with zero attached hydrogens (tertiary/aromatic N) is 1. The van der Waals surface area contributed by atoms with Crippen molar-refractivity contribution in [3.63, 3.8) is 0 Å². The van der Waals surface area contributed by atoms with Crippen molar-refractivity contribution in [3.05, 3.63) is 29.9 Å². The summed E-state index contributed by atoms with van der Waals surface area (Å²) in [4.78, 5) is 35.7. The molecule has 18 nitrogen and oxygen atoms in total. The summed E-state index contributed by atoms with van der Waals surface area (Å²) in [6.07, 6.45) is 0.879. The number of amides is 1. The SMILES string of the molecule is CC1(CO)CCC2(C(=O)O)CCC3(C)C(=CCC4C5(C)C(CC6C(C(CCC(N)O)c7cnc[nH]7)NC(=O)C6(CO)CCCO)C(O)C(OC6OCC(O)C(O)C6O)C(C)(CO)C5CCC43C)C2C1. The van der Waals surface area contributed by atoms with Crippen molar-refractivity contribution in [1.82, 2.24) is 15.3 Å². The van der Waals surface area contributed by atoms with E-state index in [0.29, 0.717) is 63.5 Å². The van der Waals surface area contributed by atoms with Crippen molar-refractivity contribution >= 4 is 11.9 Å². The highest BCUT2D eigenvalue weighted by molar-refractivity contribution is 5.86. The Kier molecular flexibility index (Phi) is 14.5. The number of carboxylic acid groups (broad SMARTS) is 1. The molecule has 1 aromatic rings. The van der Waals surface area contributed by atoms with Gasteiger partial charge in [-0.3, -0.25) is 9.59 Å². The Hall–Kier alpha value is -2.59.